The molecule has 2 N–H and O–H groups in total. The number of benzene rings is 1. The highest BCUT2D eigenvalue weighted by molar-refractivity contribution is 6.36. The molecule has 0 unspecified atom stereocenters. The summed E-state index contributed by atoms with van der Waals surface area (Å²) < 4.78 is 0. The summed E-state index contributed by atoms with van der Waals surface area (Å²) >= 11 is 11.6. The Morgan fingerprint density at radius 2 is 2.19 bits per heavy atom. The number of hydrogen-bond acceptors (Lipinski definition) is 4. The molecule has 1 aromatic carbocycles. The summed E-state index contributed by atoms with van der Waals surface area (Å²) in [5, 5.41) is 15.9. The number of carbonyl (C=O) groups is 1. The van der Waals surface area contributed by atoms with E-state index in [1.807, 2.05) is 0 Å². The normalized spacial score (nSPS) is 10.1. The van der Waals surface area contributed by atoms with Gasteiger partial charge in [-0.15, -0.1) is 10.2 Å². The van der Waals surface area contributed by atoms with E-state index in [1.54, 1.807) is 12.1 Å². The van der Waals surface area contributed by atoms with Crippen LogP contribution in [0.2, 0.25) is 10.0 Å². The molecule has 0 atom stereocenters. The number of H-pyrrole nitrogens is 1. The SMILES string of the molecule is O=C(Nc1ccc(Cl)cc1Cl)c1nn[nH]n1. The first-order chi connectivity index (χ1) is 7.66. The van der Waals surface area contributed by atoms with Gasteiger partial charge < -0.3 is 5.32 Å². The molecule has 82 valence electrons. The summed E-state index contributed by atoms with van der Waals surface area (Å²) in [4.78, 5) is 11.5. The molecule has 2 rings (SSSR count). The second-order valence-corrected chi connectivity index (χ2v) is 3.66. The highest BCUT2D eigenvalue weighted by Crippen LogP contribution is 2.25. The lowest BCUT2D eigenvalue weighted by Gasteiger charge is -2.04. The molecule has 0 saturated heterocycles. The van der Waals surface area contributed by atoms with Crippen molar-refractivity contribution in [2.75, 3.05) is 5.32 Å². The number of aromatic nitrogens is 4. The second kappa shape index (κ2) is 4.46. The van der Waals surface area contributed by atoms with E-state index >= 15 is 0 Å². The molecule has 1 heterocycles. The molecule has 1 aromatic heterocycles. The van der Waals surface area contributed by atoms with Crippen LogP contribution in [0.1, 0.15) is 10.6 Å². The minimum atomic E-state index is -0.502. The molecule has 8 heteroatoms. The van der Waals surface area contributed by atoms with Gasteiger partial charge in [0.25, 0.3) is 11.7 Å². The van der Waals surface area contributed by atoms with Crippen molar-refractivity contribution in [3.8, 4) is 0 Å². The quantitative estimate of drug-likeness (QED) is 0.859. The Balaban J connectivity index is 2.18. The van der Waals surface area contributed by atoms with Gasteiger partial charge in [-0.3, -0.25) is 4.79 Å². The van der Waals surface area contributed by atoms with Crippen LogP contribution in [-0.4, -0.2) is 26.5 Å². The Morgan fingerprint density at radius 3 is 2.81 bits per heavy atom. The summed E-state index contributed by atoms with van der Waals surface area (Å²) in [5.74, 6) is -0.566. The van der Waals surface area contributed by atoms with Crippen LogP contribution in [-0.2, 0) is 0 Å². The van der Waals surface area contributed by atoms with Gasteiger partial charge in [-0.25, -0.2) is 0 Å². The van der Waals surface area contributed by atoms with Gasteiger partial charge in [0, 0.05) is 5.02 Å². The number of halogens is 2. The first-order valence-corrected chi connectivity index (χ1v) is 4.92. The number of amides is 1. The number of nitrogens with one attached hydrogen (secondary N) is 2. The van der Waals surface area contributed by atoms with Gasteiger partial charge in [0.15, 0.2) is 0 Å². The maximum absolute atomic E-state index is 11.5. The first kappa shape index (κ1) is 10.8. The van der Waals surface area contributed by atoms with Crippen molar-refractivity contribution in [2.24, 2.45) is 0 Å². The van der Waals surface area contributed by atoms with E-state index in [9.17, 15) is 4.79 Å². The van der Waals surface area contributed by atoms with Crippen LogP contribution in [0.25, 0.3) is 0 Å². The van der Waals surface area contributed by atoms with Crippen molar-refractivity contribution in [1.29, 1.82) is 0 Å². The fourth-order valence-electron chi connectivity index (χ4n) is 1.03. The highest BCUT2D eigenvalue weighted by Gasteiger charge is 2.12. The molecule has 0 aliphatic heterocycles. The van der Waals surface area contributed by atoms with Gasteiger partial charge in [0.1, 0.15) is 0 Å². The molecule has 2 aromatic rings. The van der Waals surface area contributed by atoms with Crippen molar-refractivity contribution >= 4 is 34.8 Å². The molecule has 6 nitrogen and oxygen atoms in total. The summed E-state index contributed by atoms with van der Waals surface area (Å²) in [6, 6.07) is 4.72. The van der Waals surface area contributed by atoms with Crippen LogP contribution in [0.4, 0.5) is 5.69 Å². The Hall–Kier alpha value is -1.66. The third-order valence-corrected chi connectivity index (χ3v) is 2.28. The third kappa shape index (κ3) is 2.29. The maximum Gasteiger partial charge on any atom is 0.297 e. The molecule has 0 fully saturated rings. The van der Waals surface area contributed by atoms with Crippen LogP contribution >= 0.6 is 23.2 Å². The molecule has 0 radical (unpaired) electrons. The summed E-state index contributed by atoms with van der Waals surface area (Å²) in [6.45, 7) is 0. The Bertz CT molecular complexity index is 513. The summed E-state index contributed by atoms with van der Waals surface area (Å²) in [7, 11) is 0. The molecule has 0 bridgehead atoms. The lowest BCUT2D eigenvalue weighted by molar-refractivity contribution is 0.101. The molecule has 0 aliphatic rings. The van der Waals surface area contributed by atoms with Gasteiger partial charge in [0.05, 0.1) is 10.7 Å². The van der Waals surface area contributed by atoms with E-state index in [2.05, 4.69) is 25.9 Å². The fourth-order valence-corrected chi connectivity index (χ4v) is 1.48. The smallest absolute Gasteiger partial charge is 0.297 e. The van der Waals surface area contributed by atoms with Crippen LogP contribution < -0.4 is 5.32 Å². The molecule has 0 spiro atoms. The van der Waals surface area contributed by atoms with Crippen LogP contribution in [0.3, 0.4) is 0 Å². The van der Waals surface area contributed by atoms with Gasteiger partial charge in [-0.05, 0) is 23.4 Å². The zero-order valence-corrected chi connectivity index (χ0v) is 9.25. The third-order valence-electron chi connectivity index (χ3n) is 1.73. The average molecular weight is 258 g/mol. The van der Waals surface area contributed by atoms with E-state index in [-0.39, 0.29) is 5.82 Å². The monoisotopic (exact) mass is 257 g/mol. The maximum atomic E-state index is 11.5. The van der Waals surface area contributed by atoms with Crippen LogP contribution in [0, 0.1) is 0 Å². The number of carbonyl (C=O) groups excluding carboxylic acids is 1. The largest absolute Gasteiger partial charge is 0.318 e. The van der Waals surface area contributed by atoms with Crippen molar-refractivity contribution in [3.05, 3.63) is 34.1 Å². The first-order valence-electron chi connectivity index (χ1n) is 4.16. The van der Waals surface area contributed by atoms with Crippen LogP contribution in [0.15, 0.2) is 18.2 Å². The van der Waals surface area contributed by atoms with E-state index < -0.39 is 5.91 Å². The zero-order chi connectivity index (χ0) is 11.5. The minimum absolute atomic E-state index is 0.0639. The van der Waals surface area contributed by atoms with Crippen LogP contribution in [0.5, 0.6) is 0 Å². The van der Waals surface area contributed by atoms with Gasteiger partial charge in [-0.1, -0.05) is 23.2 Å². The predicted molar refractivity (Wildman–Crippen MR) is 58.6 cm³/mol. The van der Waals surface area contributed by atoms with E-state index in [1.165, 1.54) is 6.07 Å². The topological polar surface area (TPSA) is 83.6 Å². The molecule has 1 amide bonds. The number of hydrogen-bond donors (Lipinski definition) is 2. The van der Waals surface area contributed by atoms with Gasteiger partial charge in [-0.2, -0.15) is 5.21 Å². The Labute approximate surface area is 99.9 Å². The Kier molecular flexibility index (Phi) is 3.02. The Morgan fingerprint density at radius 1 is 1.38 bits per heavy atom. The van der Waals surface area contributed by atoms with Crippen molar-refractivity contribution in [3.63, 3.8) is 0 Å². The number of aromatic amines is 1. The van der Waals surface area contributed by atoms with Crippen molar-refractivity contribution < 1.29 is 4.79 Å². The second-order valence-electron chi connectivity index (χ2n) is 2.81. The summed E-state index contributed by atoms with van der Waals surface area (Å²) in [6.07, 6.45) is 0. The lowest BCUT2D eigenvalue weighted by Crippen LogP contribution is -2.14. The van der Waals surface area contributed by atoms with E-state index in [4.69, 9.17) is 23.2 Å². The summed E-state index contributed by atoms with van der Waals surface area (Å²) in [5.41, 5.74) is 0.431. The number of nitrogens with zero attached hydrogens (tertiary/aromatic N) is 3. The highest BCUT2D eigenvalue weighted by atomic mass is 35.5. The number of rotatable bonds is 2. The predicted octanol–water partition coefficient (Wildman–Crippen LogP) is 1.76. The van der Waals surface area contributed by atoms with Gasteiger partial charge >= 0.3 is 0 Å². The molecular weight excluding hydrogens is 253 g/mol. The van der Waals surface area contributed by atoms with E-state index in [0.29, 0.717) is 15.7 Å². The average Bonchev–Trinajstić information content (AvgIpc) is 2.75. The minimum Gasteiger partial charge on any atom is -0.318 e. The number of anilines is 1. The standard InChI is InChI=1S/C8H5Cl2N5O/c9-4-1-2-6(5(10)3-4)11-8(16)7-12-14-15-13-7/h1-3H,(H,11,16)(H,12,13,14,15). The molecule has 16 heavy (non-hydrogen) atoms. The molecule has 0 aliphatic carbocycles. The van der Waals surface area contributed by atoms with Gasteiger partial charge in [0.2, 0.25) is 0 Å². The molecule has 0 saturated carbocycles. The van der Waals surface area contributed by atoms with Crippen molar-refractivity contribution in [1.82, 2.24) is 20.6 Å². The molecular formula is C8H5Cl2N5O. The fraction of sp³-hybridized carbons (Fsp3) is 0. The van der Waals surface area contributed by atoms with E-state index in [0.717, 1.165) is 0 Å². The zero-order valence-electron chi connectivity index (χ0n) is 7.74. The number of tetrazole rings is 1. The van der Waals surface area contributed by atoms with Crippen molar-refractivity contribution in [2.45, 2.75) is 0 Å². The lowest BCUT2D eigenvalue weighted by atomic mass is 10.3.